The van der Waals surface area contributed by atoms with Gasteiger partial charge in [0.2, 0.25) is 5.95 Å². The number of thioether (sulfide) groups is 1. The molecule has 0 fully saturated rings. The van der Waals surface area contributed by atoms with E-state index in [1.54, 1.807) is 10.6 Å². The highest BCUT2D eigenvalue weighted by Crippen LogP contribution is 2.22. The summed E-state index contributed by atoms with van der Waals surface area (Å²) in [5.41, 5.74) is 6.56. The van der Waals surface area contributed by atoms with E-state index >= 15 is 0 Å². The fourth-order valence-electron chi connectivity index (χ4n) is 1.33. The summed E-state index contributed by atoms with van der Waals surface area (Å²) in [5, 5.41) is 12.4. The van der Waals surface area contributed by atoms with Crippen LogP contribution < -0.4 is 5.73 Å². The Bertz CT molecular complexity index is 518. The fourth-order valence-corrected chi connectivity index (χ4v) is 2.16. The number of rotatable bonds is 5. The summed E-state index contributed by atoms with van der Waals surface area (Å²) in [6.45, 7) is 6.15. The van der Waals surface area contributed by atoms with Crippen molar-refractivity contribution in [1.29, 1.82) is 0 Å². The number of nitrogens with zero attached hydrogens (tertiary/aromatic N) is 4. The molecule has 0 bridgehead atoms. The highest BCUT2D eigenvalue weighted by Gasteiger charge is 2.10. The van der Waals surface area contributed by atoms with Crippen molar-refractivity contribution in [1.82, 2.24) is 19.9 Å². The minimum Gasteiger partial charge on any atom is -0.368 e. The highest BCUT2D eigenvalue weighted by atomic mass is 32.2. The molecule has 2 N–H and O–H groups in total. The fraction of sp³-hybridized carbons (Fsp3) is 0.300. The van der Waals surface area contributed by atoms with Crippen LogP contribution in [0.25, 0.3) is 0 Å². The predicted molar refractivity (Wildman–Crippen MR) is 65.4 cm³/mol. The van der Waals surface area contributed by atoms with Crippen LogP contribution in [0.15, 0.2) is 28.4 Å². The highest BCUT2D eigenvalue weighted by molar-refractivity contribution is 7.98. The molecular weight excluding hydrogens is 238 g/mol. The van der Waals surface area contributed by atoms with Crippen LogP contribution in [0, 0.1) is 6.92 Å². The van der Waals surface area contributed by atoms with Crippen molar-refractivity contribution >= 4 is 17.7 Å². The first-order chi connectivity index (χ1) is 8.20. The number of aromatic nitrogens is 4. The number of hydrogen-bond acceptors (Lipinski definition) is 6. The molecule has 17 heavy (non-hydrogen) atoms. The lowest BCUT2D eigenvalue weighted by molar-refractivity contribution is 0.391. The molecule has 0 saturated heterocycles. The van der Waals surface area contributed by atoms with Crippen molar-refractivity contribution in [3.05, 3.63) is 30.2 Å². The second kappa shape index (κ2) is 5.05. The normalized spacial score (nSPS) is 10.6. The van der Waals surface area contributed by atoms with Crippen molar-refractivity contribution < 1.29 is 4.52 Å². The number of anilines is 1. The first-order valence-corrected chi connectivity index (χ1v) is 6.04. The van der Waals surface area contributed by atoms with Crippen LogP contribution in [0.3, 0.4) is 0 Å². The van der Waals surface area contributed by atoms with E-state index in [1.807, 2.05) is 13.0 Å². The van der Waals surface area contributed by atoms with Gasteiger partial charge >= 0.3 is 0 Å². The Labute approximate surface area is 103 Å². The topological polar surface area (TPSA) is 82.8 Å². The third kappa shape index (κ3) is 2.68. The quantitative estimate of drug-likeness (QED) is 0.642. The first kappa shape index (κ1) is 11.7. The maximum Gasteiger partial charge on any atom is 0.222 e. The Hall–Kier alpha value is -1.76. The van der Waals surface area contributed by atoms with Gasteiger partial charge in [0, 0.05) is 12.6 Å². The molecule has 0 aliphatic carbocycles. The first-order valence-electron chi connectivity index (χ1n) is 5.05. The molecule has 0 radical (unpaired) electrons. The van der Waals surface area contributed by atoms with E-state index in [0.717, 1.165) is 16.6 Å². The third-order valence-corrected chi connectivity index (χ3v) is 3.07. The van der Waals surface area contributed by atoms with E-state index in [1.165, 1.54) is 11.8 Å². The van der Waals surface area contributed by atoms with Crippen LogP contribution >= 0.6 is 11.8 Å². The summed E-state index contributed by atoms with van der Waals surface area (Å²) in [6.07, 6.45) is 1.75. The molecule has 2 heterocycles. The predicted octanol–water partition coefficient (Wildman–Crippen LogP) is 1.64. The smallest absolute Gasteiger partial charge is 0.222 e. The molecule has 0 unspecified atom stereocenters. The SMILES string of the molecule is C=CCn1c(N)nnc1SCc1cc(C)no1. The molecular formula is C10H13N5OS. The average Bonchev–Trinajstić information content (AvgIpc) is 2.86. The van der Waals surface area contributed by atoms with E-state index in [0.29, 0.717) is 18.2 Å². The van der Waals surface area contributed by atoms with Crippen LogP contribution in [0.2, 0.25) is 0 Å². The molecule has 2 aromatic heterocycles. The summed E-state index contributed by atoms with van der Waals surface area (Å²) in [7, 11) is 0. The monoisotopic (exact) mass is 251 g/mol. The van der Waals surface area contributed by atoms with Gasteiger partial charge in [0.1, 0.15) is 5.76 Å². The molecule has 0 aromatic carbocycles. The second-order valence-corrected chi connectivity index (χ2v) is 4.41. The number of aryl methyl sites for hydroxylation is 1. The van der Waals surface area contributed by atoms with Crippen molar-refractivity contribution in [3.63, 3.8) is 0 Å². The number of hydrogen-bond donors (Lipinski definition) is 1. The molecule has 2 rings (SSSR count). The van der Waals surface area contributed by atoms with Crippen LogP contribution in [-0.4, -0.2) is 19.9 Å². The van der Waals surface area contributed by atoms with Gasteiger partial charge in [-0.25, -0.2) is 0 Å². The van der Waals surface area contributed by atoms with Gasteiger partial charge in [0.15, 0.2) is 5.16 Å². The van der Waals surface area contributed by atoms with E-state index in [-0.39, 0.29) is 0 Å². The van der Waals surface area contributed by atoms with E-state index in [2.05, 4.69) is 21.9 Å². The van der Waals surface area contributed by atoms with Gasteiger partial charge in [-0.3, -0.25) is 4.57 Å². The lowest BCUT2D eigenvalue weighted by Gasteiger charge is -2.02. The summed E-state index contributed by atoms with van der Waals surface area (Å²) in [4.78, 5) is 0. The largest absolute Gasteiger partial charge is 0.368 e. The number of allylic oxidation sites excluding steroid dienone is 1. The molecule has 0 atom stereocenters. The summed E-state index contributed by atoms with van der Waals surface area (Å²) in [6, 6.07) is 1.89. The minimum atomic E-state index is 0.390. The van der Waals surface area contributed by atoms with Crippen LogP contribution in [0.1, 0.15) is 11.5 Å². The Morgan fingerprint density at radius 2 is 2.41 bits per heavy atom. The molecule has 7 heteroatoms. The molecule has 0 saturated carbocycles. The van der Waals surface area contributed by atoms with E-state index < -0.39 is 0 Å². The van der Waals surface area contributed by atoms with Crippen molar-refractivity contribution in [3.8, 4) is 0 Å². The lowest BCUT2D eigenvalue weighted by atomic mass is 10.4. The van der Waals surface area contributed by atoms with E-state index in [4.69, 9.17) is 10.3 Å². The zero-order chi connectivity index (χ0) is 12.3. The Morgan fingerprint density at radius 1 is 1.59 bits per heavy atom. The Balaban J connectivity index is 2.06. The van der Waals surface area contributed by atoms with Crippen molar-refractivity contribution in [2.75, 3.05) is 5.73 Å². The van der Waals surface area contributed by atoms with Crippen LogP contribution in [-0.2, 0) is 12.3 Å². The van der Waals surface area contributed by atoms with E-state index in [9.17, 15) is 0 Å². The zero-order valence-corrected chi connectivity index (χ0v) is 10.3. The van der Waals surface area contributed by atoms with Gasteiger partial charge in [-0.15, -0.1) is 16.8 Å². The maximum absolute atomic E-state index is 5.69. The average molecular weight is 251 g/mol. The molecule has 90 valence electrons. The maximum atomic E-state index is 5.69. The zero-order valence-electron chi connectivity index (χ0n) is 9.46. The molecule has 0 amide bonds. The molecule has 0 aliphatic heterocycles. The molecule has 2 aromatic rings. The number of nitrogens with two attached hydrogens (primary N) is 1. The Kier molecular flexibility index (Phi) is 3.48. The van der Waals surface area contributed by atoms with Crippen molar-refractivity contribution in [2.45, 2.75) is 24.4 Å². The van der Waals surface area contributed by atoms with Gasteiger partial charge in [-0.05, 0) is 6.92 Å². The van der Waals surface area contributed by atoms with Gasteiger partial charge in [-0.1, -0.05) is 23.0 Å². The van der Waals surface area contributed by atoms with Gasteiger partial charge in [0.25, 0.3) is 0 Å². The van der Waals surface area contributed by atoms with Gasteiger partial charge < -0.3 is 10.3 Å². The molecule has 0 aliphatic rings. The van der Waals surface area contributed by atoms with Crippen LogP contribution in [0.4, 0.5) is 5.95 Å². The summed E-state index contributed by atoms with van der Waals surface area (Å²) in [5.74, 6) is 1.84. The van der Waals surface area contributed by atoms with Gasteiger partial charge in [0.05, 0.1) is 11.4 Å². The molecule has 0 spiro atoms. The summed E-state index contributed by atoms with van der Waals surface area (Å²) < 4.78 is 6.91. The van der Waals surface area contributed by atoms with Gasteiger partial charge in [-0.2, -0.15) is 0 Å². The van der Waals surface area contributed by atoms with Crippen LogP contribution in [0.5, 0.6) is 0 Å². The summed E-state index contributed by atoms with van der Waals surface area (Å²) >= 11 is 1.50. The lowest BCUT2D eigenvalue weighted by Crippen LogP contribution is -2.02. The minimum absolute atomic E-state index is 0.390. The molecule has 6 nitrogen and oxygen atoms in total. The Morgan fingerprint density at radius 3 is 3.06 bits per heavy atom. The van der Waals surface area contributed by atoms with Crippen molar-refractivity contribution in [2.24, 2.45) is 0 Å². The third-order valence-electron chi connectivity index (χ3n) is 2.08. The number of nitrogen functional groups attached to an aromatic ring is 1. The standard InChI is InChI=1S/C10H13N5OS/c1-3-4-15-9(11)12-13-10(15)17-6-8-5-7(2)14-16-8/h3,5H,1,4,6H2,2H3,(H2,11,12). The second-order valence-electron chi connectivity index (χ2n) is 3.46.